The summed E-state index contributed by atoms with van der Waals surface area (Å²) < 4.78 is 39.4. The van der Waals surface area contributed by atoms with Gasteiger partial charge < -0.3 is 4.90 Å². The molecule has 6 nitrogen and oxygen atoms in total. The smallest absolute Gasteiger partial charge is 0.336 e. The highest BCUT2D eigenvalue weighted by Crippen LogP contribution is 2.34. The molecule has 10 heteroatoms. The van der Waals surface area contributed by atoms with E-state index in [-0.39, 0.29) is 12.5 Å². The molecule has 0 radical (unpaired) electrons. The summed E-state index contributed by atoms with van der Waals surface area (Å²) in [5.41, 5.74) is 2.13. The number of hydrogen-bond donors (Lipinski definition) is 0. The second-order valence-electron chi connectivity index (χ2n) is 6.57. The lowest BCUT2D eigenvalue weighted by Crippen LogP contribution is -2.35. The van der Waals surface area contributed by atoms with Crippen LogP contribution in [0.3, 0.4) is 0 Å². The Bertz CT molecular complexity index is 1160. The fraction of sp³-hybridized carbons (Fsp3) is 0.263. The normalized spacial score (nSPS) is 13.8. The number of halogens is 3. The molecule has 0 bridgehead atoms. The fourth-order valence-electron chi connectivity index (χ4n) is 3.18. The highest BCUT2D eigenvalue weighted by Gasteiger charge is 2.32. The van der Waals surface area contributed by atoms with Crippen LogP contribution in [-0.2, 0) is 25.7 Å². The number of fused-ring (bicyclic) bond motifs is 1. The highest BCUT2D eigenvalue weighted by atomic mass is 32.1. The largest absolute Gasteiger partial charge is 0.425 e. The van der Waals surface area contributed by atoms with Gasteiger partial charge in [0.25, 0.3) is 0 Å². The summed E-state index contributed by atoms with van der Waals surface area (Å²) in [6, 6.07) is 7.90. The molecule has 4 rings (SSSR count). The number of hydrogen-bond acceptors (Lipinski definition) is 5. The summed E-state index contributed by atoms with van der Waals surface area (Å²) in [6.45, 7) is 8.24. The van der Waals surface area contributed by atoms with Crippen LogP contribution < -0.4 is 10.6 Å². The molecular formula is C19H14F3N5OS. The Labute approximate surface area is 167 Å². The summed E-state index contributed by atoms with van der Waals surface area (Å²) in [7, 11) is 0. The van der Waals surface area contributed by atoms with Gasteiger partial charge in [-0.15, -0.1) is 11.3 Å². The van der Waals surface area contributed by atoms with Gasteiger partial charge in [0.2, 0.25) is 5.95 Å². The van der Waals surface area contributed by atoms with Crippen LogP contribution in [0.15, 0.2) is 41.5 Å². The molecule has 148 valence electrons. The Hall–Kier alpha value is -3.19. The summed E-state index contributed by atoms with van der Waals surface area (Å²) in [5, 5.41) is 0. The monoisotopic (exact) mass is 417 g/mol. The second kappa shape index (κ2) is 7.33. The predicted octanol–water partition coefficient (Wildman–Crippen LogP) is 3.88. The third-order valence-electron chi connectivity index (χ3n) is 4.64. The van der Waals surface area contributed by atoms with Crippen LogP contribution in [-0.4, -0.2) is 21.1 Å². The van der Waals surface area contributed by atoms with Crippen molar-refractivity contribution in [2.24, 2.45) is 0 Å². The Balaban J connectivity index is 1.52. The van der Waals surface area contributed by atoms with Gasteiger partial charge in [-0.25, -0.2) is 14.6 Å². The van der Waals surface area contributed by atoms with Crippen LogP contribution >= 0.6 is 11.3 Å². The molecular weight excluding hydrogens is 403 g/mol. The molecule has 29 heavy (non-hydrogen) atoms. The first-order valence-electron chi connectivity index (χ1n) is 8.67. The molecule has 1 aliphatic heterocycles. The van der Waals surface area contributed by atoms with Gasteiger partial charge in [0, 0.05) is 18.0 Å². The number of benzene rings is 1. The zero-order valence-electron chi connectivity index (χ0n) is 15.0. The van der Waals surface area contributed by atoms with Crippen molar-refractivity contribution in [2.75, 3.05) is 11.4 Å². The average Bonchev–Trinajstić information content (AvgIpc) is 3.18. The van der Waals surface area contributed by atoms with Gasteiger partial charge >= 0.3 is 11.9 Å². The molecule has 3 aromatic rings. The van der Waals surface area contributed by atoms with E-state index < -0.39 is 16.7 Å². The van der Waals surface area contributed by atoms with Gasteiger partial charge in [0.05, 0.1) is 13.1 Å². The quantitative estimate of drug-likeness (QED) is 0.607. The summed E-state index contributed by atoms with van der Waals surface area (Å²) >= 11 is 0.596. The third kappa shape index (κ3) is 4.00. The van der Waals surface area contributed by atoms with Crippen molar-refractivity contribution in [3.05, 3.63) is 79.4 Å². The lowest BCUT2D eigenvalue weighted by molar-refractivity contribution is -0.134. The van der Waals surface area contributed by atoms with Crippen LogP contribution in [0.4, 0.5) is 24.8 Å². The van der Waals surface area contributed by atoms with Crippen molar-refractivity contribution in [1.82, 2.24) is 14.5 Å². The van der Waals surface area contributed by atoms with E-state index in [1.165, 1.54) is 17.0 Å². The molecule has 0 spiro atoms. The Morgan fingerprint density at radius 2 is 2.03 bits per heavy atom. The van der Waals surface area contributed by atoms with Crippen molar-refractivity contribution in [2.45, 2.75) is 25.7 Å². The average molecular weight is 417 g/mol. The minimum absolute atomic E-state index is 0.0168. The van der Waals surface area contributed by atoms with Crippen LogP contribution in [0, 0.1) is 6.57 Å². The maximum absolute atomic E-state index is 12.7. The maximum atomic E-state index is 12.7. The Kier molecular flexibility index (Phi) is 4.84. The first kappa shape index (κ1) is 19.1. The minimum atomic E-state index is -4.40. The maximum Gasteiger partial charge on any atom is 0.425 e. The number of thiophene rings is 1. The standard InChI is InChI=1S/C19H14F3N5OS/c1-23-14-3-2-12-6-7-26(9-13(12)8-14)17-24-11-27(18(28)25-17)10-15-4-5-16(29-15)19(20,21)22/h2-5,8,11H,6-7,9-10H2. The van der Waals surface area contributed by atoms with Gasteiger partial charge in [0.15, 0.2) is 5.69 Å². The van der Waals surface area contributed by atoms with Crippen molar-refractivity contribution in [1.29, 1.82) is 0 Å². The highest BCUT2D eigenvalue weighted by molar-refractivity contribution is 7.12. The van der Waals surface area contributed by atoms with E-state index in [2.05, 4.69) is 14.8 Å². The zero-order valence-corrected chi connectivity index (χ0v) is 15.8. The van der Waals surface area contributed by atoms with Crippen molar-refractivity contribution in [3.63, 3.8) is 0 Å². The van der Waals surface area contributed by atoms with Gasteiger partial charge in [-0.1, -0.05) is 18.2 Å². The molecule has 0 atom stereocenters. The van der Waals surface area contributed by atoms with Crippen LogP contribution in [0.2, 0.25) is 0 Å². The molecule has 0 aliphatic carbocycles. The molecule has 0 saturated heterocycles. The molecule has 0 unspecified atom stereocenters. The van der Waals surface area contributed by atoms with E-state index in [0.29, 0.717) is 35.0 Å². The number of nitrogens with zero attached hydrogens (tertiary/aromatic N) is 5. The summed E-state index contributed by atoms with van der Waals surface area (Å²) in [4.78, 5) is 25.6. The number of anilines is 1. The van der Waals surface area contributed by atoms with E-state index in [9.17, 15) is 18.0 Å². The van der Waals surface area contributed by atoms with Gasteiger partial charge in [0.1, 0.15) is 11.2 Å². The zero-order chi connectivity index (χ0) is 20.6. The van der Waals surface area contributed by atoms with E-state index in [4.69, 9.17) is 6.57 Å². The Morgan fingerprint density at radius 1 is 1.21 bits per heavy atom. The van der Waals surface area contributed by atoms with E-state index in [0.717, 1.165) is 23.6 Å². The third-order valence-corrected chi connectivity index (χ3v) is 5.75. The number of alkyl halides is 3. The SMILES string of the molecule is [C-]#[N+]c1ccc2c(c1)CN(c1ncn(Cc3ccc(C(F)(F)F)s3)c(=O)n1)CC2. The van der Waals surface area contributed by atoms with E-state index in [1.807, 2.05) is 17.0 Å². The second-order valence-corrected chi connectivity index (χ2v) is 7.74. The molecule has 0 amide bonds. The molecule has 1 aliphatic rings. The molecule has 0 fully saturated rings. The minimum Gasteiger partial charge on any atom is -0.336 e. The van der Waals surface area contributed by atoms with Crippen LogP contribution in [0.5, 0.6) is 0 Å². The molecule has 0 saturated carbocycles. The van der Waals surface area contributed by atoms with Gasteiger partial charge in [-0.2, -0.15) is 18.2 Å². The molecule has 0 N–H and O–H groups in total. The van der Waals surface area contributed by atoms with E-state index >= 15 is 0 Å². The lowest BCUT2D eigenvalue weighted by atomic mass is 9.99. The predicted molar refractivity (Wildman–Crippen MR) is 102 cm³/mol. The van der Waals surface area contributed by atoms with Crippen molar-refractivity contribution >= 4 is 23.0 Å². The van der Waals surface area contributed by atoms with Crippen molar-refractivity contribution in [3.8, 4) is 0 Å². The van der Waals surface area contributed by atoms with E-state index in [1.54, 1.807) is 6.07 Å². The Morgan fingerprint density at radius 3 is 2.72 bits per heavy atom. The lowest BCUT2D eigenvalue weighted by Gasteiger charge is -2.28. The number of rotatable bonds is 3. The van der Waals surface area contributed by atoms with Crippen LogP contribution in [0.1, 0.15) is 20.9 Å². The molecule has 2 aromatic heterocycles. The van der Waals surface area contributed by atoms with Crippen LogP contribution in [0.25, 0.3) is 4.85 Å². The topological polar surface area (TPSA) is 55.4 Å². The summed E-state index contributed by atoms with van der Waals surface area (Å²) in [5.74, 6) is 0.271. The van der Waals surface area contributed by atoms with Gasteiger partial charge in [-0.3, -0.25) is 4.57 Å². The van der Waals surface area contributed by atoms with Gasteiger partial charge in [-0.05, 0) is 29.7 Å². The first-order chi connectivity index (χ1) is 13.8. The molecule has 3 heterocycles. The number of aromatic nitrogens is 3. The summed E-state index contributed by atoms with van der Waals surface area (Å²) in [6.07, 6.45) is -2.34. The fourth-order valence-corrected chi connectivity index (χ4v) is 4.05. The first-order valence-corrected chi connectivity index (χ1v) is 9.49. The molecule has 1 aromatic carbocycles. The van der Waals surface area contributed by atoms with Crippen molar-refractivity contribution < 1.29 is 13.2 Å².